The fourth-order valence-electron chi connectivity index (χ4n) is 2.30. The second-order valence-electron chi connectivity index (χ2n) is 6.41. The van der Waals surface area contributed by atoms with Crippen LogP contribution in [0.15, 0.2) is 36.4 Å². The van der Waals surface area contributed by atoms with Crippen LogP contribution in [0.1, 0.15) is 27.7 Å². The van der Waals surface area contributed by atoms with E-state index in [1.54, 1.807) is 24.3 Å². The largest absolute Gasteiger partial charge is 0.373 e. The lowest BCUT2D eigenvalue weighted by molar-refractivity contribution is -0.274. The van der Waals surface area contributed by atoms with Gasteiger partial charge in [-0.1, -0.05) is 24.3 Å². The van der Waals surface area contributed by atoms with Gasteiger partial charge in [0.1, 0.15) is 17.5 Å². The lowest BCUT2D eigenvalue weighted by atomic mass is 10.0. The minimum absolute atomic E-state index is 0.0421. The molecule has 142 valence electrons. The van der Waals surface area contributed by atoms with Gasteiger partial charge in [0.25, 0.3) is 6.48 Å². The Hall–Kier alpha value is -1.67. The van der Waals surface area contributed by atoms with Crippen LogP contribution in [0, 0.1) is 17.5 Å². The average molecular weight is 384 g/mol. The third kappa shape index (κ3) is 5.95. The molecule has 0 spiro atoms. The molecule has 0 N–H and O–H groups in total. The molecule has 26 heavy (non-hydrogen) atoms. The first-order valence-electron chi connectivity index (χ1n) is 8.42. The Balaban J connectivity index is 2.07. The van der Waals surface area contributed by atoms with Crippen molar-refractivity contribution in [2.45, 2.75) is 46.4 Å². The van der Waals surface area contributed by atoms with Crippen molar-refractivity contribution in [2.24, 2.45) is 0 Å². The van der Waals surface area contributed by atoms with E-state index in [1.165, 1.54) is 0 Å². The summed E-state index contributed by atoms with van der Waals surface area (Å²) in [5.74, 6) is -2.80. The van der Waals surface area contributed by atoms with Crippen LogP contribution in [0.25, 0.3) is 11.1 Å². The van der Waals surface area contributed by atoms with Crippen LogP contribution >= 0.6 is 0 Å². The summed E-state index contributed by atoms with van der Waals surface area (Å²) in [6.07, 6.45) is -0.0842. The van der Waals surface area contributed by atoms with Crippen LogP contribution in [0.3, 0.4) is 0 Å². The molecular formula is C19H23F3O3Si. The lowest BCUT2D eigenvalue weighted by Crippen LogP contribution is -2.32. The van der Waals surface area contributed by atoms with Gasteiger partial charge in [0.2, 0.25) is 0 Å². The zero-order valence-electron chi connectivity index (χ0n) is 15.3. The van der Waals surface area contributed by atoms with Gasteiger partial charge in [-0.05, 0) is 38.4 Å². The van der Waals surface area contributed by atoms with Gasteiger partial charge in [-0.15, -0.1) is 0 Å². The van der Waals surface area contributed by atoms with Crippen LogP contribution in [0.4, 0.5) is 13.2 Å². The molecule has 0 fully saturated rings. The maximum Gasteiger partial charge on any atom is 0.262 e. The normalized spacial score (nSPS) is 12.2. The molecule has 2 aromatic rings. The maximum atomic E-state index is 13.9. The molecule has 0 aliphatic carbocycles. The molecule has 0 aliphatic heterocycles. The molecule has 0 atom stereocenters. The third-order valence-electron chi connectivity index (χ3n) is 3.40. The van der Waals surface area contributed by atoms with E-state index < -0.39 is 33.7 Å². The van der Waals surface area contributed by atoms with Crippen molar-refractivity contribution in [3.8, 4) is 11.1 Å². The van der Waals surface area contributed by atoms with Crippen molar-refractivity contribution in [3.05, 3.63) is 53.8 Å². The second-order valence-corrected chi connectivity index (χ2v) is 7.85. The van der Waals surface area contributed by atoms with Gasteiger partial charge in [-0.3, -0.25) is 0 Å². The predicted octanol–water partition coefficient (Wildman–Crippen LogP) is 3.63. The van der Waals surface area contributed by atoms with E-state index in [2.05, 4.69) is 0 Å². The third-order valence-corrected chi connectivity index (χ3v) is 4.65. The van der Waals surface area contributed by atoms with Crippen molar-refractivity contribution < 1.29 is 27.1 Å². The monoisotopic (exact) mass is 384 g/mol. The van der Waals surface area contributed by atoms with Crippen molar-refractivity contribution in [2.75, 3.05) is 0 Å². The Labute approximate surface area is 154 Å². The van der Waals surface area contributed by atoms with Gasteiger partial charge in [0.15, 0.2) is 9.76 Å². The smallest absolute Gasteiger partial charge is 0.262 e. The van der Waals surface area contributed by atoms with E-state index in [1.807, 2.05) is 27.7 Å². The highest BCUT2D eigenvalue weighted by Gasteiger charge is 2.16. The molecule has 3 nitrogen and oxygen atoms in total. The zero-order valence-corrected chi connectivity index (χ0v) is 16.7. The van der Waals surface area contributed by atoms with E-state index in [0.29, 0.717) is 17.7 Å². The Kier molecular flexibility index (Phi) is 7.40. The number of hydrogen-bond donors (Lipinski definition) is 0. The topological polar surface area (TPSA) is 27.7 Å². The molecule has 0 bridgehead atoms. The van der Waals surface area contributed by atoms with Crippen LogP contribution in [0.2, 0.25) is 0 Å². The van der Waals surface area contributed by atoms with Gasteiger partial charge in [0.05, 0.1) is 17.8 Å². The summed E-state index contributed by atoms with van der Waals surface area (Å²) in [7, 11) is -1.16. The molecular weight excluding hydrogens is 361 g/mol. The molecule has 2 rings (SSSR count). The molecule has 7 heteroatoms. The Morgan fingerprint density at radius 2 is 1.31 bits per heavy atom. The molecule has 0 saturated carbocycles. The first kappa shape index (κ1) is 20.6. The fraction of sp³-hybridized carbons (Fsp3) is 0.368. The maximum absolute atomic E-state index is 13.9. The molecule has 0 unspecified atom stereocenters. The molecule has 2 aromatic carbocycles. The highest BCUT2D eigenvalue weighted by molar-refractivity contribution is 6.46. The first-order chi connectivity index (χ1) is 12.3. The van der Waals surface area contributed by atoms with E-state index in [4.69, 9.17) is 13.9 Å². The fourth-order valence-corrected chi connectivity index (χ4v) is 3.22. The number of benzene rings is 2. The lowest BCUT2D eigenvalue weighted by Gasteiger charge is -2.23. The Morgan fingerprint density at radius 1 is 0.808 bits per heavy atom. The Bertz CT molecular complexity index is 687. The highest BCUT2D eigenvalue weighted by atomic mass is 28.2. The van der Waals surface area contributed by atoms with Crippen LogP contribution in [0.5, 0.6) is 0 Å². The minimum atomic E-state index is -1.16. The number of hydrogen-bond acceptors (Lipinski definition) is 3. The quantitative estimate of drug-likeness (QED) is 0.514. The summed E-state index contributed by atoms with van der Waals surface area (Å²) in [6.45, 7) is 6.82. The van der Waals surface area contributed by atoms with Gasteiger partial charge < -0.3 is 13.9 Å². The molecule has 0 amide bonds. The summed E-state index contributed by atoms with van der Waals surface area (Å²) in [4.78, 5) is 0. The summed E-state index contributed by atoms with van der Waals surface area (Å²) >= 11 is 0. The average Bonchev–Trinajstić information content (AvgIpc) is 2.51. The molecule has 0 aromatic heterocycles. The summed E-state index contributed by atoms with van der Waals surface area (Å²) < 4.78 is 57.7. The predicted molar refractivity (Wildman–Crippen MR) is 97.2 cm³/mol. The van der Waals surface area contributed by atoms with Crippen LogP contribution in [-0.2, 0) is 13.9 Å². The molecule has 0 aliphatic rings. The molecule has 0 radical (unpaired) electrons. The van der Waals surface area contributed by atoms with Gasteiger partial charge in [-0.2, -0.15) is 0 Å². The number of rotatable bonds is 8. The number of ether oxygens (including phenoxy) is 2. The van der Waals surface area contributed by atoms with Gasteiger partial charge in [0, 0.05) is 12.1 Å². The SMILES string of the molecule is CC(C)OC(O[SiH2]c1ccc(-c2c(F)cc(F)cc2F)cc1)OC(C)C. The van der Waals surface area contributed by atoms with E-state index in [0.717, 1.165) is 5.19 Å². The van der Waals surface area contributed by atoms with Gasteiger partial charge in [-0.25, -0.2) is 13.2 Å². The van der Waals surface area contributed by atoms with Crippen molar-refractivity contribution >= 4 is 14.9 Å². The second kappa shape index (κ2) is 9.32. The van der Waals surface area contributed by atoms with E-state index >= 15 is 0 Å². The standard InChI is InChI=1S/C19H23F3O3Si/c1-11(2)23-19(24-12(3)4)25-26-15-7-5-13(6-8-15)18-16(21)9-14(20)10-17(18)22/h5-12,19H,26H2,1-4H3. The highest BCUT2D eigenvalue weighted by Crippen LogP contribution is 2.26. The first-order valence-corrected chi connectivity index (χ1v) is 9.71. The van der Waals surface area contributed by atoms with Crippen molar-refractivity contribution in [1.82, 2.24) is 0 Å². The van der Waals surface area contributed by atoms with Gasteiger partial charge >= 0.3 is 0 Å². The van der Waals surface area contributed by atoms with Crippen LogP contribution in [-0.4, -0.2) is 28.4 Å². The van der Waals surface area contributed by atoms with E-state index in [-0.39, 0.29) is 17.8 Å². The van der Waals surface area contributed by atoms with Crippen molar-refractivity contribution in [1.29, 1.82) is 0 Å². The van der Waals surface area contributed by atoms with E-state index in [9.17, 15) is 13.2 Å². The Morgan fingerprint density at radius 3 is 1.77 bits per heavy atom. The molecule has 0 heterocycles. The van der Waals surface area contributed by atoms with Crippen LogP contribution < -0.4 is 5.19 Å². The summed E-state index contributed by atoms with van der Waals surface area (Å²) in [5.41, 5.74) is 0.0934. The summed E-state index contributed by atoms with van der Waals surface area (Å²) in [6, 6.07) is 8.00. The minimum Gasteiger partial charge on any atom is -0.373 e. The zero-order chi connectivity index (χ0) is 19.3. The van der Waals surface area contributed by atoms with Crippen molar-refractivity contribution in [3.63, 3.8) is 0 Å². The number of halogens is 3. The molecule has 0 saturated heterocycles. The summed E-state index contributed by atoms with van der Waals surface area (Å²) in [5, 5.41) is 0.918.